The van der Waals surface area contributed by atoms with Gasteiger partial charge in [0.15, 0.2) is 0 Å². The first kappa shape index (κ1) is 11.2. The Morgan fingerprint density at radius 2 is 2.00 bits per heavy atom. The van der Waals surface area contributed by atoms with Crippen LogP contribution in [-0.4, -0.2) is 26.8 Å². The molecule has 0 aliphatic rings. The number of hydrogen-bond acceptors (Lipinski definition) is 3. The molecule has 0 aromatic carbocycles. The van der Waals surface area contributed by atoms with Gasteiger partial charge in [0.2, 0.25) is 6.08 Å². The molecule has 54 valence electrons. The Bertz CT molecular complexity index is 77.1. The maximum absolute atomic E-state index is 9.27. The molecule has 0 N–H and O–H groups in total. The van der Waals surface area contributed by atoms with E-state index in [1.807, 2.05) is 6.92 Å². The van der Waals surface area contributed by atoms with Gasteiger partial charge in [-0.1, -0.05) is 6.92 Å². The summed E-state index contributed by atoms with van der Waals surface area (Å²) in [7, 11) is 3.25. The van der Waals surface area contributed by atoms with E-state index >= 15 is 0 Å². The van der Waals surface area contributed by atoms with E-state index in [0.29, 0.717) is 6.54 Å². The van der Waals surface area contributed by atoms with Crippen LogP contribution in [-0.2, 0) is 9.53 Å². The van der Waals surface area contributed by atoms with E-state index in [9.17, 15) is 4.79 Å². The van der Waals surface area contributed by atoms with E-state index in [-0.39, 0.29) is 0 Å². The minimum absolute atomic E-state index is 0.615. The zero-order valence-electron chi connectivity index (χ0n) is 6.18. The topological polar surface area (TPSA) is 38.7 Å². The Hall–Kier alpha value is -0.660. The minimum Gasteiger partial charge on any atom is -0.388 e. The summed E-state index contributed by atoms with van der Waals surface area (Å²) in [6.07, 6.45) is 2.37. The fourth-order valence-corrected chi connectivity index (χ4v) is 0.157. The zero-order valence-corrected chi connectivity index (χ0v) is 6.18. The summed E-state index contributed by atoms with van der Waals surface area (Å²) in [5.74, 6) is 0. The molecule has 9 heavy (non-hydrogen) atoms. The molecule has 0 fully saturated rings. The average molecular weight is 131 g/mol. The number of nitrogens with zero attached hydrogens (tertiary/aromatic N) is 1. The third-order valence-electron chi connectivity index (χ3n) is 0.400. The molecule has 0 radical (unpaired) electrons. The van der Waals surface area contributed by atoms with Gasteiger partial charge in [0.25, 0.3) is 0 Å². The molecule has 0 amide bonds. The number of rotatable bonds is 2. The van der Waals surface area contributed by atoms with Gasteiger partial charge in [0.1, 0.15) is 0 Å². The van der Waals surface area contributed by atoms with Crippen LogP contribution < -0.4 is 0 Å². The van der Waals surface area contributed by atoms with Crippen LogP contribution in [0.25, 0.3) is 0 Å². The van der Waals surface area contributed by atoms with Crippen molar-refractivity contribution in [3.8, 4) is 0 Å². The highest BCUT2D eigenvalue weighted by molar-refractivity contribution is 5.32. The van der Waals surface area contributed by atoms with Crippen LogP contribution in [0.1, 0.15) is 13.3 Å². The van der Waals surface area contributed by atoms with Crippen LogP contribution in [0.2, 0.25) is 0 Å². The second kappa shape index (κ2) is 15.7. The number of carbonyl (C=O) groups excluding carboxylic acids is 1. The summed E-state index contributed by atoms with van der Waals surface area (Å²) in [5, 5.41) is 0. The highest BCUT2D eigenvalue weighted by Crippen LogP contribution is 1.70. The molecule has 0 rings (SSSR count). The van der Waals surface area contributed by atoms with E-state index in [4.69, 9.17) is 0 Å². The quantitative estimate of drug-likeness (QED) is 0.414. The Morgan fingerprint density at radius 3 is 2.11 bits per heavy atom. The maximum Gasteiger partial charge on any atom is 0.234 e. The molecule has 0 aliphatic heterocycles. The standard InChI is InChI=1S/C4H7NO.C2H6O/c1-2-3-5-4-6;1-3-2/h2-3H2,1H3;1-2H3. The molecule has 3 nitrogen and oxygen atoms in total. The van der Waals surface area contributed by atoms with Crippen molar-refractivity contribution in [2.24, 2.45) is 4.99 Å². The van der Waals surface area contributed by atoms with Gasteiger partial charge in [0, 0.05) is 14.2 Å². The molecule has 0 aromatic rings. The number of aliphatic imine (C=N–C) groups is 1. The van der Waals surface area contributed by atoms with E-state index in [0.717, 1.165) is 6.42 Å². The van der Waals surface area contributed by atoms with Crippen LogP contribution in [0, 0.1) is 0 Å². The molecule has 0 spiro atoms. The van der Waals surface area contributed by atoms with Gasteiger partial charge in [-0.05, 0) is 6.42 Å². The molecule has 0 atom stereocenters. The van der Waals surface area contributed by atoms with Crippen molar-refractivity contribution in [2.45, 2.75) is 13.3 Å². The first-order valence-corrected chi connectivity index (χ1v) is 2.77. The highest BCUT2D eigenvalue weighted by atomic mass is 16.4. The van der Waals surface area contributed by atoms with Crippen molar-refractivity contribution in [3.63, 3.8) is 0 Å². The Morgan fingerprint density at radius 1 is 1.56 bits per heavy atom. The Kier molecular flexibility index (Phi) is 19.5. The van der Waals surface area contributed by atoms with Gasteiger partial charge in [-0.2, -0.15) is 0 Å². The zero-order chi connectivity index (χ0) is 7.54. The first-order valence-electron chi connectivity index (χ1n) is 2.77. The summed E-state index contributed by atoms with van der Waals surface area (Å²) < 4.78 is 4.25. The van der Waals surface area contributed by atoms with E-state index in [1.165, 1.54) is 6.08 Å². The minimum atomic E-state index is 0.615. The normalized spacial score (nSPS) is 6.56. The van der Waals surface area contributed by atoms with Crippen LogP contribution in [0.5, 0.6) is 0 Å². The third kappa shape index (κ3) is 38.2. The lowest BCUT2D eigenvalue weighted by Gasteiger charge is -1.71. The summed E-state index contributed by atoms with van der Waals surface area (Å²) in [5.41, 5.74) is 0. The molecule has 0 bridgehead atoms. The van der Waals surface area contributed by atoms with Gasteiger partial charge in [-0.25, -0.2) is 9.79 Å². The molecule has 0 saturated heterocycles. The molecule has 0 heterocycles. The van der Waals surface area contributed by atoms with Gasteiger partial charge in [0.05, 0.1) is 6.54 Å². The van der Waals surface area contributed by atoms with Crippen LogP contribution in [0.4, 0.5) is 0 Å². The highest BCUT2D eigenvalue weighted by Gasteiger charge is 1.66. The average Bonchev–Trinajstić information content (AvgIpc) is 1.86. The predicted octanol–water partition coefficient (Wildman–Crippen LogP) is 0.995. The van der Waals surface area contributed by atoms with Gasteiger partial charge in [-0.15, -0.1) is 0 Å². The van der Waals surface area contributed by atoms with Crippen molar-refractivity contribution >= 4 is 6.08 Å². The van der Waals surface area contributed by atoms with Crippen molar-refractivity contribution in [3.05, 3.63) is 0 Å². The smallest absolute Gasteiger partial charge is 0.234 e. The van der Waals surface area contributed by atoms with E-state index in [2.05, 4.69) is 9.73 Å². The van der Waals surface area contributed by atoms with Gasteiger partial charge < -0.3 is 4.74 Å². The summed E-state index contributed by atoms with van der Waals surface area (Å²) in [6, 6.07) is 0. The number of ether oxygens (including phenoxy) is 1. The second-order valence-electron chi connectivity index (χ2n) is 1.38. The molecule has 0 aliphatic carbocycles. The Labute approximate surface area is 55.7 Å². The molecular weight excluding hydrogens is 118 g/mol. The van der Waals surface area contributed by atoms with Crippen LogP contribution in [0.15, 0.2) is 4.99 Å². The lowest BCUT2D eigenvalue weighted by Crippen LogP contribution is -1.69. The number of isocyanates is 1. The molecule has 0 saturated carbocycles. The fraction of sp³-hybridized carbons (Fsp3) is 0.833. The molecular formula is C6H13NO2. The summed E-state index contributed by atoms with van der Waals surface area (Å²) >= 11 is 0. The van der Waals surface area contributed by atoms with Crippen molar-refractivity contribution < 1.29 is 9.53 Å². The maximum atomic E-state index is 9.27. The number of methoxy groups -OCH3 is 1. The van der Waals surface area contributed by atoms with E-state index < -0.39 is 0 Å². The lowest BCUT2D eigenvalue weighted by molar-refractivity contribution is 0.277. The van der Waals surface area contributed by atoms with Gasteiger partial charge >= 0.3 is 0 Å². The molecule has 3 heteroatoms. The monoisotopic (exact) mass is 131 g/mol. The first-order chi connectivity index (χ1) is 4.33. The molecule has 0 unspecified atom stereocenters. The van der Waals surface area contributed by atoms with Crippen molar-refractivity contribution in [2.75, 3.05) is 20.8 Å². The molecule has 0 aromatic heterocycles. The summed E-state index contributed by atoms with van der Waals surface area (Å²) in [4.78, 5) is 12.6. The summed E-state index contributed by atoms with van der Waals surface area (Å²) in [6.45, 7) is 2.57. The SMILES string of the molecule is CCCN=C=O.COC. The van der Waals surface area contributed by atoms with Gasteiger partial charge in [-0.3, -0.25) is 0 Å². The lowest BCUT2D eigenvalue weighted by atomic mass is 10.5. The van der Waals surface area contributed by atoms with Crippen LogP contribution >= 0.6 is 0 Å². The van der Waals surface area contributed by atoms with Crippen LogP contribution in [0.3, 0.4) is 0 Å². The van der Waals surface area contributed by atoms with Crippen molar-refractivity contribution in [1.29, 1.82) is 0 Å². The van der Waals surface area contributed by atoms with E-state index in [1.54, 1.807) is 14.2 Å². The Balaban J connectivity index is 0. The largest absolute Gasteiger partial charge is 0.388 e. The van der Waals surface area contributed by atoms with Crippen molar-refractivity contribution in [1.82, 2.24) is 0 Å². The predicted molar refractivity (Wildman–Crippen MR) is 36.2 cm³/mol. The third-order valence-corrected chi connectivity index (χ3v) is 0.400. The number of hydrogen-bond donors (Lipinski definition) is 0. The second-order valence-corrected chi connectivity index (χ2v) is 1.38. The fourth-order valence-electron chi connectivity index (χ4n) is 0.157.